The molecule has 3 aromatic rings. The number of anilines is 1. The maximum absolute atomic E-state index is 11.3. The van der Waals surface area contributed by atoms with Gasteiger partial charge in [0.2, 0.25) is 0 Å². The summed E-state index contributed by atoms with van der Waals surface area (Å²) in [5.74, 6) is 1.75. The van der Waals surface area contributed by atoms with E-state index >= 15 is 0 Å². The van der Waals surface area contributed by atoms with Gasteiger partial charge in [0.1, 0.15) is 11.5 Å². The average Bonchev–Trinajstić information content (AvgIpc) is 3.38. The Balaban J connectivity index is 1.05. The van der Waals surface area contributed by atoms with Crippen LogP contribution >= 0.6 is 0 Å². The molecule has 2 aromatic heterocycles. The molecule has 0 spiro atoms. The van der Waals surface area contributed by atoms with E-state index in [1.54, 1.807) is 12.1 Å². The number of hydrogen-bond donors (Lipinski definition) is 2. The third-order valence-corrected chi connectivity index (χ3v) is 8.46. The summed E-state index contributed by atoms with van der Waals surface area (Å²) in [5.41, 5.74) is 2.49. The first-order chi connectivity index (χ1) is 18.1. The van der Waals surface area contributed by atoms with Crippen molar-refractivity contribution in [2.75, 3.05) is 63.8 Å². The first kappa shape index (κ1) is 24.3. The molecule has 6 rings (SSSR count). The molecule has 1 aromatic carbocycles. The van der Waals surface area contributed by atoms with Gasteiger partial charge < -0.3 is 15.1 Å². The number of piperazine rings is 1. The molecule has 3 aliphatic rings. The summed E-state index contributed by atoms with van der Waals surface area (Å²) in [6.07, 6.45) is 7.06. The third kappa shape index (κ3) is 5.32. The third-order valence-electron chi connectivity index (χ3n) is 8.46. The molecule has 5 heterocycles. The second-order valence-corrected chi connectivity index (χ2v) is 10.7. The Bertz CT molecular complexity index is 1220. The van der Waals surface area contributed by atoms with Gasteiger partial charge in [0.15, 0.2) is 0 Å². The number of piperidine rings is 2. The van der Waals surface area contributed by atoms with Crippen molar-refractivity contribution in [1.29, 1.82) is 0 Å². The average molecular weight is 505 g/mol. The molecule has 0 amide bonds. The molecule has 0 saturated carbocycles. The van der Waals surface area contributed by atoms with Crippen molar-refractivity contribution in [3.63, 3.8) is 0 Å². The Morgan fingerprint density at radius 1 is 0.973 bits per heavy atom. The van der Waals surface area contributed by atoms with Crippen LogP contribution in [0.2, 0.25) is 0 Å². The van der Waals surface area contributed by atoms with E-state index in [1.807, 2.05) is 12.3 Å². The van der Waals surface area contributed by atoms with Gasteiger partial charge in [-0.3, -0.25) is 20.1 Å². The van der Waals surface area contributed by atoms with Crippen LogP contribution in [0.1, 0.15) is 25.7 Å². The number of nitrogens with one attached hydrogen (secondary N) is 2. The summed E-state index contributed by atoms with van der Waals surface area (Å²) >= 11 is 0. The van der Waals surface area contributed by atoms with Crippen molar-refractivity contribution in [2.45, 2.75) is 31.7 Å². The molecule has 10 nitrogen and oxygen atoms in total. The van der Waals surface area contributed by atoms with E-state index in [-0.39, 0.29) is 10.6 Å². The van der Waals surface area contributed by atoms with Gasteiger partial charge in [-0.2, -0.15) is 5.10 Å². The number of H-pyrrole nitrogens is 1. The molecule has 3 fully saturated rings. The van der Waals surface area contributed by atoms with E-state index in [0.717, 1.165) is 66.1 Å². The van der Waals surface area contributed by atoms with Crippen LogP contribution in [0.3, 0.4) is 0 Å². The zero-order valence-corrected chi connectivity index (χ0v) is 21.3. The van der Waals surface area contributed by atoms with Crippen molar-refractivity contribution < 1.29 is 4.92 Å². The summed E-state index contributed by atoms with van der Waals surface area (Å²) < 4.78 is 0. The number of aromatic nitrogens is 3. The zero-order chi connectivity index (χ0) is 25.2. The summed E-state index contributed by atoms with van der Waals surface area (Å²) in [6, 6.07) is 9.57. The minimum atomic E-state index is -0.370. The summed E-state index contributed by atoms with van der Waals surface area (Å²) in [6.45, 7) is 10.1. The number of pyridine rings is 1. The molecule has 0 atom stereocenters. The molecule has 37 heavy (non-hydrogen) atoms. The smallest absolute Gasteiger partial charge is 0.270 e. The Labute approximate surface area is 217 Å². The number of aromatic amines is 1. The van der Waals surface area contributed by atoms with Crippen LogP contribution in [0.5, 0.6) is 0 Å². The highest BCUT2D eigenvalue weighted by atomic mass is 16.6. The van der Waals surface area contributed by atoms with Crippen molar-refractivity contribution in [3.05, 3.63) is 46.6 Å². The maximum atomic E-state index is 11.3. The minimum absolute atomic E-state index is 0.0671. The van der Waals surface area contributed by atoms with Gasteiger partial charge in [-0.1, -0.05) is 0 Å². The molecule has 0 radical (unpaired) electrons. The van der Waals surface area contributed by atoms with Crippen molar-refractivity contribution >= 4 is 22.4 Å². The topological polar surface area (TPSA) is 106 Å². The van der Waals surface area contributed by atoms with Gasteiger partial charge in [-0.25, -0.2) is 4.98 Å². The van der Waals surface area contributed by atoms with Gasteiger partial charge in [0.25, 0.3) is 5.69 Å². The van der Waals surface area contributed by atoms with Crippen LogP contribution in [-0.4, -0.2) is 94.8 Å². The predicted octanol–water partition coefficient (Wildman–Crippen LogP) is 3.12. The SMILES string of the molecule is O=[N+]([O-])c1ccc2[nH]nc(-c3ccnc(N4CCN(CC5CCN(C6CCNCC6)CC5)CC4)c3)c2c1. The second kappa shape index (κ2) is 10.7. The van der Waals surface area contributed by atoms with Gasteiger partial charge in [0, 0.05) is 68.0 Å². The fourth-order valence-corrected chi connectivity index (χ4v) is 6.27. The molecular formula is C27H36N8O2. The lowest BCUT2D eigenvalue weighted by Gasteiger charge is -2.42. The van der Waals surface area contributed by atoms with E-state index in [0.29, 0.717) is 0 Å². The normalized spacial score (nSPS) is 21.0. The number of nitrogens with zero attached hydrogens (tertiary/aromatic N) is 6. The standard InChI is InChI=1S/C27H36N8O2/c36-35(37)23-1-2-25-24(18-23)27(31-30-25)21-3-10-29-26(17-21)34-15-13-32(14-16-34)19-20-6-11-33(12-7-20)22-4-8-28-9-5-22/h1-3,10,17-18,20,22,28H,4-9,11-16,19H2,(H,30,31). The summed E-state index contributed by atoms with van der Waals surface area (Å²) in [4.78, 5) is 23.3. The molecule has 10 heteroatoms. The fraction of sp³-hybridized carbons (Fsp3) is 0.556. The lowest BCUT2D eigenvalue weighted by Crippen LogP contribution is -2.50. The lowest BCUT2D eigenvalue weighted by atomic mass is 9.93. The Kier molecular flexibility index (Phi) is 7.04. The highest BCUT2D eigenvalue weighted by molar-refractivity contribution is 5.94. The molecule has 2 N–H and O–H groups in total. The molecule has 196 valence electrons. The van der Waals surface area contributed by atoms with Crippen LogP contribution in [0.25, 0.3) is 22.2 Å². The van der Waals surface area contributed by atoms with Gasteiger partial charge in [0.05, 0.1) is 10.4 Å². The number of hydrogen-bond acceptors (Lipinski definition) is 8. The number of nitro groups is 1. The highest BCUT2D eigenvalue weighted by Crippen LogP contribution is 2.31. The summed E-state index contributed by atoms with van der Waals surface area (Å²) in [5, 5.41) is 22.9. The van der Waals surface area contributed by atoms with Gasteiger partial charge >= 0.3 is 0 Å². The largest absolute Gasteiger partial charge is 0.354 e. The van der Waals surface area contributed by atoms with E-state index in [1.165, 1.54) is 64.5 Å². The molecule has 0 bridgehead atoms. The van der Waals surface area contributed by atoms with E-state index < -0.39 is 0 Å². The highest BCUT2D eigenvalue weighted by Gasteiger charge is 2.28. The van der Waals surface area contributed by atoms with E-state index in [2.05, 4.69) is 41.3 Å². The first-order valence-corrected chi connectivity index (χ1v) is 13.6. The minimum Gasteiger partial charge on any atom is -0.354 e. The van der Waals surface area contributed by atoms with Gasteiger partial charge in [-0.05, 0) is 76.0 Å². The number of nitro benzene ring substituents is 1. The van der Waals surface area contributed by atoms with Crippen LogP contribution in [0.15, 0.2) is 36.5 Å². The number of fused-ring (bicyclic) bond motifs is 1. The number of non-ortho nitro benzene ring substituents is 1. The van der Waals surface area contributed by atoms with Crippen LogP contribution in [-0.2, 0) is 0 Å². The Hall–Kier alpha value is -3.08. The quantitative estimate of drug-likeness (QED) is 0.390. The second-order valence-electron chi connectivity index (χ2n) is 10.7. The van der Waals surface area contributed by atoms with Crippen LogP contribution in [0, 0.1) is 16.0 Å². The van der Waals surface area contributed by atoms with Gasteiger partial charge in [-0.15, -0.1) is 0 Å². The molecule has 3 saturated heterocycles. The monoisotopic (exact) mass is 504 g/mol. The van der Waals surface area contributed by atoms with Crippen LogP contribution in [0.4, 0.5) is 11.5 Å². The van der Waals surface area contributed by atoms with Crippen molar-refractivity contribution in [1.82, 2.24) is 30.3 Å². The summed E-state index contributed by atoms with van der Waals surface area (Å²) in [7, 11) is 0. The van der Waals surface area contributed by atoms with Crippen molar-refractivity contribution in [2.24, 2.45) is 5.92 Å². The van der Waals surface area contributed by atoms with E-state index in [9.17, 15) is 10.1 Å². The Morgan fingerprint density at radius 3 is 2.51 bits per heavy atom. The Morgan fingerprint density at radius 2 is 1.76 bits per heavy atom. The van der Waals surface area contributed by atoms with Crippen LogP contribution < -0.4 is 10.2 Å². The molecule has 3 aliphatic heterocycles. The fourth-order valence-electron chi connectivity index (χ4n) is 6.27. The molecule has 0 unspecified atom stereocenters. The molecular weight excluding hydrogens is 468 g/mol. The molecule has 0 aliphatic carbocycles. The maximum Gasteiger partial charge on any atom is 0.270 e. The number of benzene rings is 1. The predicted molar refractivity (Wildman–Crippen MR) is 145 cm³/mol. The zero-order valence-electron chi connectivity index (χ0n) is 21.3. The van der Waals surface area contributed by atoms with Crippen molar-refractivity contribution in [3.8, 4) is 11.3 Å². The lowest BCUT2D eigenvalue weighted by molar-refractivity contribution is -0.384. The number of likely N-dealkylation sites (tertiary alicyclic amines) is 1. The number of rotatable bonds is 6. The first-order valence-electron chi connectivity index (χ1n) is 13.6. The van der Waals surface area contributed by atoms with E-state index in [4.69, 9.17) is 0 Å².